The first kappa shape index (κ1) is 13.6. The fourth-order valence-corrected chi connectivity index (χ4v) is 2.80. The highest BCUT2D eigenvalue weighted by Gasteiger charge is 2.19. The summed E-state index contributed by atoms with van der Waals surface area (Å²) in [4.78, 5) is 8.30. The van der Waals surface area contributed by atoms with Crippen molar-refractivity contribution in [1.82, 2.24) is 9.97 Å². The Morgan fingerprint density at radius 1 is 1.11 bits per heavy atom. The molecule has 0 bridgehead atoms. The van der Waals surface area contributed by atoms with Gasteiger partial charge in [-0.1, -0.05) is 18.2 Å². The first-order valence-corrected chi connectivity index (χ1v) is 6.17. The van der Waals surface area contributed by atoms with E-state index in [1.807, 2.05) is 6.92 Å². The zero-order valence-electron chi connectivity index (χ0n) is 10.8. The highest BCUT2D eigenvalue weighted by molar-refractivity contribution is 5.85. The van der Waals surface area contributed by atoms with Crippen LogP contribution in [-0.2, 0) is 12.8 Å². The van der Waals surface area contributed by atoms with Gasteiger partial charge in [0.25, 0.3) is 0 Å². The Balaban J connectivity index is 0.00000133. The van der Waals surface area contributed by atoms with Gasteiger partial charge in [-0.3, -0.25) is 0 Å². The van der Waals surface area contributed by atoms with Crippen molar-refractivity contribution < 1.29 is 0 Å². The first-order chi connectivity index (χ1) is 8.66. The third-order valence-corrected chi connectivity index (χ3v) is 3.55. The van der Waals surface area contributed by atoms with Crippen LogP contribution in [0.15, 0.2) is 18.2 Å². The van der Waals surface area contributed by atoms with Crippen LogP contribution in [0.5, 0.6) is 0 Å². The van der Waals surface area contributed by atoms with Gasteiger partial charge in [-0.2, -0.15) is 4.98 Å². The molecule has 0 spiro atoms. The molecule has 1 heterocycles. The lowest BCUT2D eigenvalue weighted by Gasteiger charge is -2.13. The zero-order chi connectivity index (χ0) is 12.7. The van der Waals surface area contributed by atoms with Crippen LogP contribution in [0, 0.1) is 6.92 Å². The number of aromatic nitrogens is 2. The SMILES string of the molecule is Cc1nc(N)nc(N)c1-c1cccc2c1CCC2.Cl. The third kappa shape index (κ3) is 2.24. The number of nitrogens with two attached hydrogens (primary N) is 2. The molecule has 0 aliphatic heterocycles. The molecular weight excluding hydrogens is 260 g/mol. The Bertz CT molecular complexity index is 602. The summed E-state index contributed by atoms with van der Waals surface area (Å²) in [6, 6.07) is 6.37. The number of benzene rings is 1. The number of nitrogen functional groups attached to an aromatic ring is 2. The lowest BCUT2D eigenvalue weighted by atomic mass is 9.96. The van der Waals surface area contributed by atoms with Crippen LogP contribution in [0.1, 0.15) is 23.2 Å². The Morgan fingerprint density at radius 2 is 1.89 bits per heavy atom. The summed E-state index contributed by atoms with van der Waals surface area (Å²) in [7, 11) is 0. The second kappa shape index (κ2) is 5.05. The summed E-state index contributed by atoms with van der Waals surface area (Å²) in [6.45, 7) is 1.93. The van der Waals surface area contributed by atoms with Crippen LogP contribution in [0.4, 0.5) is 11.8 Å². The van der Waals surface area contributed by atoms with Gasteiger partial charge in [-0.25, -0.2) is 4.98 Å². The monoisotopic (exact) mass is 276 g/mol. The highest BCUT2D eigenvalue weighted by Crippen LogP contribution is 2.35. The average Bonchev–Trinajstić information content (AvgIpc) is 2.76. The molecule has 0 unspecified atom stereocenters. The standard InChI is InChI=1S/C14H16N4.ClH/c1-8-12(13(15)18-14(16)17-8)11-7-3-5-9-4-2-6-10(9)11;/h3,5,7H,2,4,6H2,1H3,(H4,15,16,17,18);1H. The molecule has 1 aliphatic rings. The molecule has 1 aromatic carbocycles. The number of aryl methyl sites for hydroxylation is 2. The molecular formula is C14H17ClN4. The van der Waals surface area contributed by atoms with E-state index in [-0.39, 0.29) is 18.4 Å². The minimum absolute atomic E-state index is 0. The van der Waals surface area contributed by atoms with Crippen molar-refractivity contribution in [3.8, 4) is 11.1 Å². The van der Waals surface area contributed by atoms with E-state index in [2.05, 4.69) is 28.2 Å². The molecule has 19 heavy (non-hydrogen) atoms. The second-order valence-corrected chi connectivity index (χ2v) is 4.72. The molecule has 0 fully saturated rings. The van der Waals surface area contributed by atoms with Gasteiger partial charge >= 0.3 is 0 Å². The van der Waals surface area contributed by atoms with E-state index in [1.165, 1.54) is 23.1 Å². The summed E-state index contributed by atoms with van der Waals surface area (Å²) in [5.41, 5.74) is 17.4. The van der Waals surface area contributed by atoms with Gasteiger partial charge < -0.3 is 11.5 Å². The average molecular weight is 277 g/mol. The van der Waals surface area contributed by atoms with Gasteiger partial charge in [-0.15, -0.1) is 12.4 Å². The number of hydrogen-bond donors (Lipinski definition) is 2. The molecule has 1 aromatic heterocycles. The maximum Gasteiger partial charge on any atom is 0.222 e. The Morgan fingerprint density at radius 3 is 2.63 bits per heavy atom. The molecule has 4 N–H and O–H groups in total. The molecule has 1 aliphatic carbocycles. The van der Waals surface area contributed by atoms with E-state index < -0.39 is 0 Å². The van der Waals surface area contributed by atoms with E-state index in [0.717, 1.165) is 24.1 Å². The normalized spacial score (nSPS) is 12.9. The van der Waals surface area contributed by atoms with Gasteiger partial charge in [0.05, 0.1) is 5.69 Å². The second-order valence-electron chi connectivity index (χ2n) is 4.72. The fourth-order valence-electron chi connectivity index (χ4n) is 2.80. The third-order valence-electron chi connectivity index (χ3n) is 3.55. The Kier molecular flexibility index (Phi) is 3.62. The number of anilines is 2. The molecule has 3 rings (SSSR count). The van der Waals surface area contributed by atoms with Gasteiger partial charge in [0, 0.05) is 5.56 Å². The minimum atomic E-state index is 0. The topological polar surface area (TPSA) is 77.8 Å². The van der Waals surface area contributed by atoms with Crippen LogP contribution in [-0.4, -0.2) is 9.97 Å². The van der Waals surface area contributed by atoms with Gasteiger partial charge in [0.1, 0.15) is 5.82 Å². The van der Waals surface area contributed by atoms with Crippen molar-refractivity contribution in [2.75, 3.05) is 11.5 Å². The van der Waals surface area contributed by atoms with Crippen molar-refractivity contribution in [2.24, 2.45) is 0 Å². The first-order valence-electron chi connectivity index (χ1n) is 6.17. The van der Waals surface area contributed by atoms with Gasteiger partial charge in [-0.05, 0) is 42.9 Å². The highest BCUT2D eigenvalue weighted by atomic mass is 35.5. The van der Waals surface area contributed by atoms with Crippen LogP contribution in [0.3, 0.4) is 0 Å². The largest absolute Gasteiger partial charge is 0.383 e. The molecule has 0 amide bonds. The summed E-state index contributed by atoms with van der Waals surface area (Å²) < 4.78 is 0. The van der Waals surface area contributed by atoms with E-state index in [9.17, 15) is 0 Å². The molecule has 100 valence electrons. The number of rotatable bonds is 1. The molecule has 5 heteroatoms. The predicted molar refractivity (Wildman–Crippen MR) is 80.3 cm³/mol. The quantitative estimate of drug-likeness (QED) is 0.839. The molecule has 2 aromatic rings. The zero-order valence-corrected chi connectivity index (χ0v) is 11.6. The molecule has 0 saturated carbocycles. The number of hydrogen-bond acceptors (Lipinski definition) is 4. The van der Waals surface area contributed by atoms with E-state index in [4.69, 9.17) is 11.5 Å². The van der Waals surface area contributed by atoms with Crippen LogP contribution >= 0.6 is 12.4 Å². The molecule has 0 saturated heterocycles. The maximum absolute atomic E-state index is 6.02. The number of nitrogens with zero attached hydrogens (tertiary/aromatic N) is 2. The van der Waals surface area contributed by atoms with Crippen molar-refractivity contribution in [3.63, 3.8) is 0 Å². The molecule has 0 radical (unpaired) electrons. The molecule has 4 nitrogen and oxygen atoms in total. The lowest BCUT2D eigenvalue weighted by Crippen LogP contribution is -2.05. The van der Waals surface area contributed by atoms with E-state index >= 15 is 0 Å². The Hall–Kier alpha value is -1.81. The van der Waals surface area contributed by atoms with Crippen molar-refractivity contribution in [1.29, 1.82) is 0 Å². The lowest BCUT2D eigenvalue weighted by molar-refractivity contribution is 0.912. The number of halogens is 1. The summed E-state index contributed by atoms with van der Waals surface area (Å²) in [6.07, 6.45) is 3.47. The smallest absolute Gasteiger partial charge is 0.222 e. The summed E-state index contributed by atoms with van der Waals surface area (Å²) in [5.74, 6) is 0.710. The predicted octanol–water partition coefficient (Wildman–Crippen LogP) is 2.53. The van der Waals surface area contributed by atoms with Crippen LogP contribution in [0.2, 0.25) is 0 Å². The summed E-state index contributed by atoms with van der Waals surface area (Å²) >= 11 is 0. The van der Waals surface area contributed by atoms with Crippen molar-refractivity contribution >= 4 is 24.2 Å². The summed E-state index contributed by atoms with van der Waals surface area (Å²) in [5, 5.41) is 0. The molecule has 0 atom stereocenters. The van der Waals surface area contributed by atoms with Crippen molar-refractivity contribution in [3.05, 3.63) is 35.0 Å². The van der Waals surface area contributed by atoms with Crippen LogP contribution in [0.25, 0.3) is 11.1 Å². The number of fused-ring (bicyclic) bond motifs is 1. The maximum atomic E-state index is 6.02. The van der Waals surface area contributed by atoms with Gasteiger partial charge in [0.2, 0.25) is 5.95 Å². The Labute approximate surface area is 118 Å². The van der Waals surface area contributed by atoms with Gasteiger partial charge in [0.15, 0.2) is 0 Å². The van der Waals surface area contributed by atoms with E-state index in [1.54, 1.807) is 0 Å². The van der Waals surface area contributed by atoms with Crippen molar-refractivity contribution in [2.45, 2.75) is 26.2 Å². The fraction of sp³-hybridized carbons (Fsp3) is 0.286. The van der Waals surface area contributed by atoms with Crippen LogP contribution < -0.4 is 11.5 Å². The van der Waals surface area contributed by atoms with E-state index in [0.29, 0.717) is 5.82 Å². The minimum Gasteiger partial charge on any atom is -0.383 e.